The Balaban J connectivity index is 1.93. The fraction of sp³-hybridized carbons (Fsp3) is 0.571. The van der Waals surface area contributed by atoms with Crippen LogP contribution in [0.5, 0.6) is 0 Å². The van der Waals surface area contributed by atoms with Gasteiger partial charge in [0.05, 0.1) is 0 Å². The van der Waals surface area contributed by atoms with Crippen LogP contribution in [-0.2, 0) is 6.42 Å². The maximum absolute atomic E-state index is 13.4. The Kier molecular flexibility index (Phi) is 4.11. The highest BCUT2D eigenvalue weighted by Crippen LogP contribution is 2.34. The lowest BCUT2D eigenvalue weighted by molar-refractivity contribution is 0.442. The van der Waals surface area contributed by atoms with Crippen molar-refractivity contribution in [2.75, 3.05) is 6.54 Å². The van der Waals surface area contributed by atoms with Crippen LogP contribution in [0.1, 0.15) is 31.7 Å². The molecule has 1 nitrogen and oxygen atoms in total. The molecule has 17 heavy (non-hydrogen) atoms. The molecule has 0 aromatic heterocycles. The summed E-state index contributed by atoms with van der Waals surface area (Å²) in [6.07, 6.45) is 4.03. The first kappa shape index (κ1) is 12.5. The van der Waals surface area contributed by atoms with E-state index >= 15 is 0 Å². The van der Waals surface area contributed by atoms with Gasteiger partial charge in [-0.2, -0.15) is 0 Å². The second-order valence-electron chi connectivity index (χ2n) is 4.78. The Morgan fingerprint density at radius 1 is 1.35 bits per heavy atom. The zero-order valence-corrected chi connectivity index (χ0v) is 10.2. The summed E-state index contributed by atoms with van der Waals surface area (Å²) >= 11 is 0. The second-order valence-corrected chi connectivity index (χ2v) is 4.78. The minimum absolute atomic E-state index is 0.294. The average Bonchev–Trinajstić information content (AvgIpc) is 3.12. The average molecular weight is 239 g/mol. The fourth-order valence-corrected chi connectivity index (χ4v) is 2.31. The first-order chi connectivity index (χ1) is 8.20. The van der Waals surface area contributed by atoms with Crippen LogP contribution in [0.4, 0.5) is 8.78 Å². The largest absolute Gasteiger partial charge is 0.314 e. The van der Waals surface area contributed by atoms with Gasteiger partial charge < -0.3 is 5.32 Å². The molecule has 0 aliphatic heterocycles. The summed E-state index contributed by atoms with van der Waals surface area (Å²) in [5.41, 5.74) is 0.494. The first-order valence-corrected chi connectivity index (χ1v) is 6.38. The molecule has 1 unspecified atom stereocenters. The molecule has 2 rings (SSSR count). The predicted octanol–water partition coefficient (Wildman–Crippen LogP) is 3.29. The van der Waals surface area contributed by atoms with Gasteiger partial charge in [0.2, 0.25) is 0 Å². The van der Waals surface area contributed by atoms with Crippen LogP contribution in [0.25, 0.3) is 0 Å². The lowest BCUT2D eigenvalue weighted by atomic mass is 10.0. The number of hydrogen-bond donors (Lipinski definition) is 1. The van der Waals surface area contributed by atoms with Crippen molar-refractivity contribution in [1.29, 1.82) is 0 Å². The molecule has 1 aliphatic carbocycles. The quantitative estimate of drug-likeness (QED) is 0.803. The number of nitrogens with one attached hydrogen (secondary N) is 1. The number of halogens is 2. The van der Waals surface area contributed by atoms with Crippen LogP contribution in [0.15, 0.2) is 18.2 Å². The van der Waals surface area contributed by atoms with Crippen LogP contribution >= 0.6 is 0 Å². The molecule has 1 atom stereocenters. The molecule has 1 aromatic carbocycles. The minimum atomic E-state index is -0.354. The molecular weight excluding hydrogens is 220 g/mol. The topological polar surface area (TPSA) is 12.0 Å². The van der Waals surface area contributed by atoms with Crippen molar-refractivity contribution in [2.45, 2.75) is 38.6 Å². The smallest absolute Gasteiger partial charge is 0.126 e. The second kappa shape index (κ2) is 5.58. The number of aryl methyl sites for hydroxylation is 1. The summed E-state index contributed by atoms with van der Waals surface area (Å²) in [5.74, 6) is 0.0943. The van der Waals surface area contributed by atoms with E-state index in [1.165, 1.54) is 31.0 Å². The highest BCUT2D eigenvalue weighted by molar-refractivity contribution is 5.19. The van der Waals surface area contributed by atoms with Crippen LogP contribution in [0, 0.1) is 17.6 Å². The molecular formula is C14H19F2N. The van der Waals surface area contributed by atoms with Crippen molar-refractivity contribution >= 4 is 0 Å². The molecule has 0 amide bonds. The number of benzene rings is 1. The van der Waals surface area contributed by atoms with Gasteiger partial charge in [0.25, 0.3) is 0 Å². The molecule has 1 saturated carbocycles. The Morgan fingerprint density at radius 3 is 2.76 bits per heavy atom. The van der Waals surface area contributed by atoms with E-state index in [0.717, 1.165) is 18.9 Å². The molecule has 0 heterocycles. The van der Waals surface area contributed by atoms with Crippen LogP contribution in [-0.4, -0.2) is 12.6 Å². The van der Waals surface area contributed by atoms with Gasteiger partial charge in [0, 0.05) is 6.04 Å². The van der Waals surface area contributed by atoms with Gasteiger partial charge in [-0.1, -0.05) is 6.92 Å². The third-order valence-corrected chi connectivity index (χ3v) is 3.39. The summed E-state index contributed by atoms with van der Waals surface area (Å²) in [6, 6.07) is 4.15. The van der Waals surface area contributed by atoms with Crippen molar-refractivity contribution in [3.8, 4) is 0 Å². The van der Waals surface area contributed by atoms with Crippen molar-refractivity contribution in [3.63, 3.8) is 0 Å². The Bertz CT molecular complexity index is 374. The van der Waals surface area contributed by atoms with Gasteiger partial charge in [-0.15, -0.1) is 0 Å². The van der Waals surface area contributed by atoms with Gasteiger partial charge in [-0.3, -0.25) is 0 Å². The van der Waals surface area contributed by atoms with E-state index in [2.05, 4.69) is 12.2 Å². The minimum Gasteiger partial charge on any atom is -0.314 e. The molecule has 0 bridgehead atoms. The van der Waals surface area contributed by atoms with Crippen LogP contribution in [0.2, 0.25) is 0 Å². The molecule has 94 valence electrons. The molecule has 3 heteroatoms. The monoisotopic (exact) mass is 239 g/mol. The van der Waals surface area contributed by atoms with Gasteiger partial charge in [0.15, 0.2) is 0 Å². The summed E-state index contributed by atoms with van der Waals surface area (Å²) in [7, 11) is 0. The summed E-state index contributed by atoms with van der Waals surface area (Å²) in [6.45, 7) is 3.02. The molecule has 1 fully saturated rings. The molecule has 1 aliphatic rings. The SMILES string of the molecule is CCNC(CCc1cc(F)ccc1F)C1CC1. The van der Waals surface area contributed by atoms with E-state index in [1.54, 1.807) is 0 Å². The van der Waals surface area contributed by atoms with E-state index < -0.39 is 0 Å². The van der Waals surface area contributed by atoms with E-state index in [1.807, 2.05) is 0 Å². The van der Waals surface area contributed by atoms with Crippen LogP contribution < -0.4 is 5.32 Å². The van der Waals surface area contributed by atoms with Gasteiger partial charge in [-0.05, 0) is 61.9 Å². The van der Waals surface area contributed by atoms with Crippen LogP contribution in [0.3, 0.4) is 0 Å². The summed E-state index contributed by atoms with van der Waals surface area (Å²) in [5, 5.41) is 3.43. The molecule has 1 N–H and O–H groups in total. The molecule has 0 saturated heterocycles. The Labute approximate surface area is 101 Å². The third-order valence-electron chi connectivity index (χ3n) is 3.39. The van der Waals surface area contributed by atoms with E-state index in [-0.39, 0.29) is 11.6 Å². The predicted molar refractivity (Wildman–Crippen MR) is 64.9 cm³/mol. The maximum Gasteiger partial charge on any atom is 0.126 e. The molecule has 0 spiro atoms. The highest BCUT2D eigenvalue weighted by atomic mass is 19.1. The van der Waals surface area contributed by atoms with Crippen molar-refractivity contribution < 1.29 is 8.78 Å². The number of hydrogen-bond acceptors (Lipinski definition) is 1. The number of rotatable bonds is 6. The van der Waals surface area contributed by atoms with Crippen molar-refractivity contribution in [3.05, 3.63) is 35.4 Å². The van der Waals surface area contributed by atoms with Crippen molar-refractivity contribution in [2.24, 2.45) is 5.92 Å². The highest BCUT2D eigenvalue weighted by Gasteiger charge is 2.30. The fourth-order valence-electron chi connectivity index (χ4n) is 2.31. The molecule has 1 aromatic rings. The first-order valence-electron chi connectivity index (χ1n) is 6.38. The van der Waals surface area contributed by atoms with Crippen molar-refractivity contribution in [1.82, 2.24) is 5.32 Å². The summed E-state index contributed by atoms with van der Waals surface area (Å²) < 4.78 is 26.4. The lowest BCUT2D eigenvalue weighted by Crippen LogP contribution is -2.31. The Hall–Kier alpha value is -0.960. The normalized spacial score (nSPS) is 17.1. The van der Waals surface area contributed by atoms with Gasteiger partial charge in [0.1, 0.15) is 11.6 Å². The zero-order chi connectivity index (χ0) is 12.3. The third kappa shape index (κ3) is 3.50. The maximum atomic E-state index is 13.4. The zero-order valence-electron chi connectivity index (χ0n) is 10.2. The van der Waals surface area contributed by atoms with E-state index in [0.29, 0.717) is 18.0 Å². The van der Waals surface area contributed by atoms with Gasteiger partial charge >= 0.3 is 0 Å². The summed E-state index contributed by atoms with van der Waals surface area (Å²) in [4.78, 5) is 0. The molecule has 0 radical (unpaired) electrons. The Morgan fingerprint density at radius 2 is 2.12 bits per heavy atom. The van der Waals surface area contributed by atoms with Gasteiger partial charge in [-0.25, -0.2) is 8.78 Å². The standard InChI is InChI=1S/C14H19F2N/c1-2-17-14(10-3-4-10)8-5-11-9-12(15)6-7-13(11)16/h6-7,9-10,14,17H,2-5,8H2,1H3. The van der Waals surface area contributed by atoms with E-state index in [9.17, 15) is 8.78 Å². The van der Waals surface area contributed by atoms with E-state index in [4.69, 9.17) is 0 Å². The lowest BCUT2D eigenvalue weighted by Gasteiger charge is -2.17.